The molecule has 2 amide bonds. The zero-order valence-electron chi connectivity index (χ0n) is 14.8. The van der Waals surface area contributed by atoms with Crippen LogP contribution in [0.5, 0.6) is 0 Å². The van der Waals surface area contributed by atoms with Gasteiger partial charge in [0.25, 0.3) is 0 Å². The van der Waals surface area contributed by atoms with Crippen LogP contribution in [0.3, 0.4) is 0 Å². The summed E-state index contributed by atoms with van der Waals surface area (Å²) >= 11 is 0. The molecule has 0 aliphatic carbocycles. The van der Waals surface area contributed by atoms with E-state index in [0.717, 1.165) is 17.0 Å². The van der Waals surface area contributed by atoms with Crippen LogP contribution in [0.4, 0.5) is 19.3 Å². The first kappa shape index (κ1) is 19.6. The Balaban J connectivity index is 2.35. The van der Waals surface area contributed by atoms with E-state index in [-0.39, 0.29) is 12.2 Å². The lowest BCUT2D eigenvalue weighted by Gasteiger charge is -2.25. The maximum Gasteiger partial charge on any atom is 0.414 e. The lowest BCUT2D eigenvalue weighted by atomic mass is 9.87. The number of hydrogen-bond acceptors (Lipinski definition) is 4. The van der Waals surface area contributed by atoms with Crippen molar-refractivity contribution in [2.75, 3.05) is 18.5 Å². The van der Waals surface area contributed by atoms with Crippen molar-refractivity contribution in [3.63, 3.8) is 0 Å². The summed E-state index contributed by atoms with van der Waals surface area (Å²) in [4.78, 5) is 35.8. The van der Waals surface area contributed by atoms with Gasteiger partial charge in [-0.1, -0.05) is 0 Å². The van der Waals surface area contributed by atoms with Crippen molar-refractivity contribution in [3.8, 4) is 0 Å². The Morgan fingerprint density at radius 2 is 1.81 bits per heavy atom. The van der Waals surface area contributed by atoms with Gasteiger partial charge in [0.15, 0.2) is 0 Å². The summed E-state index contributed by atoms with van der Waals surface area (Å²) in [5, 5.41) is 11.4. The molecule has 1 aliphatic rings. The van der Waals surface area contributed by atoms with Crippen LogP contribution in [0.2, 0.25) is 0 Å². The average molecular weight is 370 g/mol. The van der Waals surface area contributed by atoms with E-state index in [4.69, 9.17) is 9.84 Å². The Morgan fingerprint density at radius 1 is 1.27 bits per heavy atom. The number of anilines is 1. The van der Waals surface area contributed by atoms with Crippen molar-refractivity contribution in [1.82, 2.24) is 5.32 Å². The van der Waals surface area contributed by atoms with Crippen molar-refractivity contribution in [2.24, 2.45) is 5.92 Å². The van der Waals surface area contributed by atoms with Crippen LogP contribution in [-0.2, 0) is 14.3 Å². The summed E-state index contributed by atoms with van der Waals surface area (Å²) in [6.45, 7) is 4.77. The molecule has 0 bridgehead atoms. The summed E-state index contributed by atoms with van der Waals surface area (Å²) in [6, 6.07) is 1.81. The van der Waals surface area contributed by atoms with Gasteiger partial charge in [-0.15, -0.1) is 0 Å². The second kappa shape index (κ2) is 6.89. The molecule has 1 aromatic rings. The van der Waals surface area contributed by atoms with Crippen LogP contribution in [0.25, 0.3) is 0 Å². The molecule has 1 fully saturated rings. The van der Waals surface area contributed by atoms with E-state index in [1.807, 2.05) is 0 Å². The van der Waals surface area contributed by atoms with E-state index in [0.29, 0.717) is 0 Å². The zero-order valence-corrected chi connectivity index (χ0v) is 14.8. The highest BCUT2D eigenvalue weighted by molar-refractivity contribution is 6.00. The topological polar surface area (TPSA) is 95.9 Å². The number of aliphatic carboxylic acids is 1. The van der Waals surface area contributed by atoms with E-state index in [1.165, 1.54) is 7.05 Å². The van der Waals surface area contributed by atoms with E-state index in [9.17, 15) is 23.2 Å². The third-order valence-electron chi connectivity index (χ3n) is 3.94. The molecule has 1 heterocycles. The first-order chi connectivity index (χ1) is 11.9. The largest absolute Gasteiger partial charge is 0.481 e. The Bertz CT molecular complexity index is 737. The van der Waals surface area contributed by atoms with Gasteiger partial charge < -0.3 is 15.2 Å². The number of hydrogen-bond donors (Lipinski definition) is 2. The van der Waals surface area contributed by atoms with Gasteiger partial charge in [-0.05, 0) is 32.9 Å². The SMILES string of the molecule is CN(C(=O)OC(C)(C)C)c1cc(F)c(C2CNC(=O)C2C(=O)O)c(F)c1. The number of carbonyl (C=O) groups excluding carboxylic acids is 2. The minimum Gasteiger partial charge on any atom is -0.481 e. The number of nitrogens with zero attached hydrogens (tertiary/aromatic N) is 1. The van der Waals surface area contributed by atoms with E-state index in [2.05, 4.69) is 5.32 Å². The number of carboxylic acids is 1. The third-order valence-corrected chi connectivity index (χ3v) is 3.94. The van der Waals surface area contributed by atoms with Crippen molar-refractivity contribution < 1.29 is 33.0 Å². The van der Waals surface area contributed by atoms with Crippen LogP contribution in [0.1, 0.15) is 32.3 Å². The first-order valence-electron chi connectivity index (χ1n) is 7.88. The molecular formula is C17H20F2N2O5. The molecule has 2 unspecified atom stereocenters. The molecule has 2 rings (SSSR count). The molecule has 7 nitrogen and oxygen atoms in total. The summed E-state index contributed by atoms with van der Waals surface area (Å²) in [7, 11) is 1.29. The standard InChI is InChI=1S/C17H20F2N2O5/c1-17(2,3)26-16(25)21(4)8-5-10(18)12(11(19)6-8)9-7-20-14(22)13(9)15(23)24/h5-6,9,13H,7H2,1-4H3,(H,20,22)(H,23,24). The highest BCUT2D eigenvalue weighted by Gasteiger charge is 2.43. The minimum absolute atomic E-state index is 0.0952. The van der Waals surface area contributed by atoms with Crippen LogP contribution in [0.15, 0.2) is 12.1 Å². The van der Waals surface area contributed by atoms with Gasteiger partial charge in [0.1, 0.15) is 23.2 Å². The quantitative estimate of drug-likeness (QED) is 0.796. The number of carbonyl (C=O) groups is 3. The molecule has 1 aliphatic heterocycles. The van der Waals surface area contributed by atoms with Crippen LogP contribution >= 0.6 is 0 Å². The zero-order chi connectivity index (χ0) is 19.8. The van der Waals surface area contributed by atoms with Gasteiger partial charge in [0.2, 0.25) is 5.91 Å². The van der Waals surface area contributed by atoms with Crippen molar-refractivity contribution in [3.05, 3.63) is 29.3 Å². The van der Waals surface area contributed by atoms with Gasteiger partial charge in [0.05, 0.1) is 5.69 Å². The molecule has 26 heavy (non-hydrogen) atoms. The van der Waals surface area contributed by atoms with Gasteiger partial charge in [-0.3, -0.25) is 14.5 Å². The van der Waals surface area contributed by atoms with Gasteiger partial charge in [-0.2, -0.15) is 0 Å². The number of halogens is 2. The van der Waals surface area contributed by atoms with Crippen LogP contribution in [0, 0.1) is 17.6 Å². The minimum atomic E-state index is -1.58. The first-order valence-corrected chi connectivity index (χ1v) is 7.88. The molecule has 1 saturated heterocycles. The normalized spacial score (nSPS) is 19.8. The molecule has 2 atom stereocenters. The average Bonchev–Trinajstić information content (AvgIpc) is 2.85. The lowest BCUT2D eigenvalue weighted by Crippen LogP contribution is -2.34. The Morgan fingerprint density at radius 3 is 2.27 bits per heavy atom. The number of amides is 2. The molecule has 0 radical (unpaired) electrons. The molecule has 0 spiro atoms. The smallest absolute Gasteiger partial charge is 0.414 e. The fraction of sp³-hybridized carbons (Fsp3) is 0.471. The predicted octanol–water partition coefficient (Wildman–Crippen LogP) is 2.25. The molecule has 9 heteroatoms. The second-order valence-electron chi connectivity index (χ2n) is 7.03. The molecule has 2 N–H and O–H groups in total. The number of benzene rings is 1. The summed E-state index contributed by atoms with van der Waals surface area (Å²) in [5.74, 6) is -7.09. The number of carboxylic acid groups (broad SMARTS) is 1. The third kappa shape index (κ3) is 3.92. The predicted molar refractivity (Wildman–Crippen MR) is 87.9 cm³/mol. The van der Waals surface area contributed by atoms with Gasteiger partial charge >= 0.3 is 12.1 Å². The Labute approximate surface area is 148 Å². The highest BCUT2D eigenvalue weighted by atomic mass is 19.1. The fourth-order valence-electron chi connectivity index (χ4n) is 2.73. The van der Waals surface area contributed by atoms with Gasteiger partial charge in [0, 0.05) is 25.1 Å². The molecule has 0 aromatic heterocycles. The van der Waals surface area contributed by atoms with Crippen molar-refractivity contribution in [1.29, 1.82) is 0 Å². The Hall–Kier alpha value is -2.71. The van der Waals surface area contributed by atoms with E-state index in [1.54, 1.807) is 20.8 Å². The second-order valence-corrected chi connectivity index (χ2v) is 7.03. The lowest BCUT2D eigenvalue weighted by molar-refractivity contribution is -0.145. The highest BCUT2D eigenvalue weighted by Crippen LogP contribution is 2.35. The maximum absolute atomic E-state index is 14.5. The maximum atomic E-state index is 14.5. The fourth-order valence-corrected chi connectivity index (χ4v) is 2.73. The summed E-state index contributed by atoms with van der Waals surface area (Å²) in [6.07, 6.45) is -0.801. The molecule has 1 aromatic carbocycles. The van der Waals surface area contributed by atoms with Crippen molar-refractivity contribution >= 4 is 23.7 Å². The number of ether oxygens (including phenoxy) is 1. The van der Waals surface area contributed by atoms with Crippen LogP contribution < -0.4 is 10.2 Å². The number of nitrogens with one attached hydrogen (secondary N) is 1. The molecule has 0 saturated carbocycles. The molecular weight excluding hydrogens is 350 g/mol. The summed E-state index contributed by atoms with van der Waals surface area (Å²) < 4.78 is 34.2. The summed E-state index contributed by atoms with van der Waals surface area (Å²) in [5.41, 5.74) is -1.38. The monoisotopic (exact) mass is 370 g/mol. The van der Waals surface area contributed by atoms with Crippen molar-refractivity contribution in [2.45, 2.75) is 32.3 Å². The Kier molecular flexibility index (Phi) is 5.20. The van der Waals surface area contributed by atoms with E-state index >= 15 is 0 Å². The molecule has 142 valence electrons. The number of rotatable bonds is 3. The van der Waals surface area contributed by atoms with E-state index < -0.39 is 52.6 Å². The van der Waals surface area contributed by atoms with Crippen LogP contribution in [-0.4, -0.2) is 42.3 Å². The van der Waals surface area contributed by atoms with Gasteiger partial charge in [-0.25, -0.2) is 13.6 Å².